The van der Waals surface area contributed by atoms with E-state index in [1.165, 1.54) is 0 Å². The van der Waals surface area contributed by atoms with Crippen LogP contribution in [0.5, 0.6) is 0 Å². The third-order valence-electron chi connectivity index (χ3n) is 2.24. The van der Waals surface area contributed by atoms with Gasteiger partial charge in [-0.15, -0.1) is 10.2 Å². The maximum atomic E-state index is 10.4. The summed E-state index contributed by atoms with van der Waals surface area (Å²) < 4.78 is 7.04. The van der Waals surface area contributed by atoms with Gasteiger partial charge in [-0.05, 0) is 12.5 Å². The van der Waals surface area contributed by atoms with Gasteiger partial charge >= 0.3 is 5.97 Å². The minimum Gasteiger partial charge on any atom is -0.481 e. The third-order valence-corrected chi connectivity index (χ3v) is 3.04. The number of carboxylic acid groups (broad SMARTS) is 1. The first-order chi connectivity index (χ1) is 8.60. The zero-order valence-corrected chi connectivity index (χ0v) is 10.8. The lowest BCUT2D eigenvalue weighted by atomic mass is 10.3. The second-order valence-corrected chi connectivity index (χ2v) is 4.48. The van der Waals surface area contributed by atoms with Crippen molar-refractivity contribution in [3.63, 3.8) is 0 Å². The van der Waals surface area contributed by atoms with E-state index in [0.29, 0.717) is 5.89 Å². The van der Waals surface area contributed by atoms with Gasteiger partial charge in [0.2, 0.25) is 0 Å². The van der Waals surface area contributed by atoms with Gasteiger partial charge in [-0.3, -0.25) is 9.48 Å². The molecule has 2 rings (SSSR count). The molecule has 0 atom stereocenters. The monoisotopic (exact) mass is 268 g/mol. The number of carbonyl (C=O) groups is 1. The molecule has 0 aliphatic heterocycles. The van der Waals surface area contributed by atoms with E-state index >= 15 is 0 Å². The number of thioether (sulfide) groups is 1. The lowest BCUT2D eigenvalue weighted by Gasteiger charge is -1.93. The molecule has 18 heavy (non-hydrogen) atoms. The summed E-state index contributed by atoms with van der Waals surface area (Å²) in [6.07, 6.45) is 0.822. The summed E-state index contributed by atoms with van der Waals surface area (Å²) >= 11 is 0.993. The summed E-state index contributed by atoms with van der Waals surface area (Å²) in [6, 6.07) is 1.87. The molecule has 2 heterocycles. The first kappa shape index (κ1) is 12.6. The first-order valence-corrected chi connectivity index (χ1v) is 6.30. The number of hydrogen-bond donors (Lipinski definition) is 1. The first-order valence-electron chi connectivity index (χ1n) is 5.31. The molecule has 96 valence electrons. The summed E-state index contributed by atoms with van der Waals surface area (Å²) in [5.41, 5.74) is 1.66. The van der Waals surface area contributed by atoms with Crippen LogP contribution in [-0.2, 0) is 18.3 Å². The molecule has 0 saturated heterocycles. The van der Waals surface area contributed by atoms with Crippen LogP contribution in [0.4, 0.5) is 0 Å². The van der Waals surface area contributed by atoms with Crippen LogP contribution >= 0.6 is 11.8 Å². The quantitative estimate of drug-likeness (QED) is 0.814. The molecule has 8 heteroatoms. The number of rotatable bonds is 5. The van der Waals surface area contributed by atoms with E-state index in [9.17, 15) is 4.79 Å². The van der Waals surface area contributed by atoms with Crippen molar-refractivity contribution in [3.8, 4) is 11.6 Å². The lowest BCUT2D eigenvalue weighted by Crippen LogP contribution is -1.97. The van der Waals surface area contributed by atoms with E-state index in [1.807, 2.05) is 13.0 Å². The average molecular weight is 268 g/mol. The van der Waals surface area contributed by atoms with Crippen molar-refractivity contribution >= 4 is 17.7 Å². The van der Waals surface area contributed by atoms with Crippen LogP contribution in [0.25, 0.3) is 11.6 Å². The van der Waals surface area contributed by atoms with Gasteiger partial charge in [0.05, 0.1) is 5.69 Å². The second-order valence-electron chi connectivity index (χ2n) is 3.55. The number of aliphatic carboxylic acids is 1. The largest absolute Gasteiger partial charge is 0.481 e. The van der Waals surface area contributed by atoms with Gasteiger partial charge in [-0.1, -0.05) is 18.7 Å². The van der Waals surface area contributed by atoms with Gasteiger partial charge in [-0.25, -0.2) is 0 Å². The van der Waals surface area contributed by atoms with E-state index in [2.05, 4.69) is 15.3 Å². The summed E-state index contributed by atoms with van der Waals surface area (Å²) in [5, 5.41) is 20.7. The van der Waals surface area contributed by atoms with Crippen molar-refractivity contribution in [2.45, 2.75) is 18.6 Å². The van der Waals surface area contributed by atoms with Crippen LogP contribution in [0, 0.1) is 0 Å². The Hall–Kier alpha value is -1.83. The molecule has 0 bridgehead atoms. The van der Waals surface area contributed by atoms with Crippen molar-refractivity contribution in [2.24, 2.45) is 7.05 Å². The number of aromatic nitrogens is 4. The maximum absolute atomic E-state index is 10.4. The van der Waals surface area contributed by atoms with Crippen LogP contribution in [0.2, 0.25) is 0 Å². The Bertz CT molecular complexity index is 563. The Labute approximate surface area is 107 Å². The molecule has 0 aliphatic rings. The molecule has 0 radical (unpaired) electrons. The fraction of sp³-hybridized carbons (Fsp3) is 0.400. The van der Waals surface area contributed by atoms with E-state index < -0.39 is 5.97 Å². The normalized spacial score (nSPS) is 10.8. The van der Waals surface area contributed by atoms with Crippen LogP contribution in [-0.4, -0.2) is 36.8 Å². The van der Waals surface area contributed by atoms with E-state index in [1.54, 1.807) is 11.7 Å². The molecule has 7 nitrogen and oxygen atoms in total. The fourth-order valence-corrected chi connectivity index (χ4v) is 1.88. The van der Waals surface area contributed by atoms with Crippen molar-refractivity contribution < 1.29 is 14.3 Å². The number of hydrogen-bond acceptors (Lipinski definition) is 6. The molecular weight excluding hydrogens is 256 g/mol. The highest BCUT2D eigenvalue weighted by molar-refractivity contribution is 7.99. The van der Waals surface area contributed by atoms with Crippen LogP contribution < -0.4 is 0 Å². The summed E-state index contributed by atoms with van der Waals surface area (Å²) in [4.78, 5) is 10.4. The van der Waals surface area contributed by atoms with Gasteiger partial charge in [0.25, 0.3) is 11.1 Å². The predicted octanol–water partition coefficient (Wildman–Crippen LogP) is 1.21. The van der Waals surface area contributed by atoms with Crippen molar-refractivity contribution in [1.29, 1.82) is 0 Å². The molecule has 0 aliphatic carbocycles. The molecule has 1 N–H and O–H groups in total. The van der Waals surface area contributed by atoms with Crippen molar-refractivity contribution in [2.75, 3.05) is 5.75 Å². The highest BCUT2D eigenvalue weighted by atomic mass is 32.2. The molecule has 2 aromatic heterocycles. The highest BCUT2D eigenvalue weighted by Crippen LogP contribution is 2.23. The Balaban J connectivity index is 2.18. The average Bonchev–Trinajstić information content (AvgIpc) is 2.92. The summed E-state index contributed by atoms with van der Waals surface area (Å²) in [5.74, 6) is -0.682. The van der Waals surface area contributed by atoms with Crippen LogP contribution in [0.1, 0.15) is 12.6 Å². The number of carboxylic acids is 1. The van der Waals surface area contributed by atoms with Crippen LogP contribution in [0.15, 0.2) is 15.7 Å². The SMILES string of the molecule is CCc1cc(-c2nnc(SCC(=O)O)o2)n(C)n1. The fourth-order valence-electron chi connectivity index (χ4n) is 1.39. The Morgan fingerprint density at radius 3 is 2.94 bits per heavy atom. The highest BCUT2D eigenvalue weighted by Gasteiger charge is 2.14. The van der Waals surface area contributed by atoms with Crippen molar-refractivity contribution in [3.05, 3.63) is 11.8 Å². The van der Waals surface area contributed by atoms with Gasteiger partial charge in [0.15, 0.2) is 0 Å². The second kappa shape index (κ2) is 5.21. The van der Waals surface area contributed by atoms with Crippen molar-refractivity contribution in [1.82, 2.24) is 20.0 Å². The Morgan fingerprint density at radius 1 is 1.56 bits per heavy atom. The van der Waals surface area contributed by atoms with Gasteiger partial charge in [-0.2, -0.15) is 5.10 Å². The number of nitrogens with zero attached hydrogens (tertiary/aromatic N) is 4. The summed E-state index contributed by atoms with van der Waals surface area (Å²) in [6.45, 7) is 2.01. The molecule has 0 unspecified atom stereocenters. The Morgan fingerprint density at radius 2 is 2.33 bits per heavy atom. The molecule has 0 amide bonds. The predicted molar refractivity (Wildman–Crippen MR) is 64.2 cm³/mol. The smallest absolute Gasteiger partial charge is 0.314 e. The lowest BCUT2D eigenvalue weighted by molar-refractivity contribution is -0.133. The topological polar surface area (TPSA) is 94.0 Å². The number of aryl methyl sites for hydroxylation is 2. The zero-order valence-electron chi connectivity index (χ0n) is 9.95. The van der Waals surface area contributed by atoms with Gasteiger partial charge in [0, 0.05) is 7.05 Å². The molecule has 0 saturated carbocycles. The van der Waals surface area contributed by atoms with Gasteiger partial charge in [0.1, 0.15) is 11.4 Å². The van der Waals surface area contributed by atoms with Crippen LogP contribution in [0.3, 0.4) is 0 Å². The zero-order chi connectivity index (χ0) is 13.1. The molecule has 2 aromatic rings. The molecule has 0 fully saturated rings. The maximum Gasteiger partial charge on any atom is 0.314 e. The van der Waals surface area contributed by atoms with E-state index in [-0.39, 0.29) is 11.0 Å². The minimum atomic E-state index is -0.923. The third kappa shape index (κ3) is 2.70. The Kier molecular flexibility index (Phi) is 3.66. The summed E-state index contributed by atoms with van der Waals surface area (Å²) in [7, 11) is 1.79. The standard InChI is InChI=1S/C10H12N4O3S/c1-3-6-4-7(14(2)13-6)9-11-12-10(17-9)18-5-8(15)16/h4H,3,5H2,1-2H3,(H,15,16). The molecule has 0 aromatic carbocycles. The molecular formula is C10H12N4O3S. The molecule has 0 spiro atoms. The van der Waals surface area contributed by atoms with E-state index in [4.69, 9.17) is 9.52 Å². The van der Waals surface area contributed by atoms with E-state index in [0.717, 1.165) is 29.6 Å². The minimum absolute atomic E-state index is 0.104. The van der Waals surface area contributed by atoms with Gasteiger partial charge < -0.3 is 9.52 Å².